The smallest absolute Gasteiger partial charge is 0.222 e. The van der Waals surface area contributed by atoms with Crippen LogP contribution in [-0.2, 0) is 7.05 Å². The van der Waals surface area contributed by atoms with E-state index >= 15 is 0 Å². The number of anilines is 1. The molecule has 0 aliphatic carbocycles. The van der Waals surface area contributed by atoms with E-state index in [2.05, 4.69) is 10.2 Å². The molecule has 0 saturated carbocycles. The van der Waals surface area contributed by atoms with Crippen molar-refractivity contribution in [2.24, 2.45) is 7.05 Å². The summed E-state index contributed by atoms with van der Waals surface area (Å²) in [4.78, 5) is 11.7. The minimum Gasteiger partial charge on any atom is -0.368 e. The van der Waals surface area contributed by atoms with E-state index in [1.807, 2.05) is 0 Å². The Morgan fingerprint density at radius 2 is 2.05 bits per heavy atom. The van der Waals surface area contributed by atoms with Crippen LogP contribution >= 0.6 is 11.8 Å². The van der Waals surface area contributed by atoms with Crippen LogP contribution in [-0.4, -0.2) is 20.5 Å². The number of rotatable bonds is 4. The van der Waals surface area contributed by atoms with Crippen LogP contribution in [0, 0.1) is 5.82 Å². The number of benzene rings is 1. The number of nitrogens with two attached hydrogens (primary N) is 1. The third kappa shape index (κ3) is 3.19. The number of nitrogen functional groups attached to an aromatic ring is 1. The molecule has 7 heteroatoms. The van der Waals surface area contributed by atoms with Crippen LogP contribution < -0.4 is 5.73 Å². The SMILES string of the molecule is Cn1c(N)nnc1S/C=C/C(=O)c1ccc(F)cc1. The van der Waals surface area contributed by atoms with Gasteiger partial charge in [0, 0.05) is 12.6 Å². The molecule has 0 atom stereocenters. The zero-order chi connectivity index (χ0) is 13.8. The second-order valence-electron chi connectivity index (χ2n) is 3.69. The summed E-state index contributed by atoms with van der Waals surface area (Å²) in [5, 5.41) is 9.70. The van der Waals surface area contributed by atoms with Crippen LogP contribution in [0.15, 0.2) is 40.9 Å². The van der Waals surface area contributed by atoms with Crippen molar-refractivity contribution in [3.8, 4) is 0 Å². The second kappa shape index (κ2) is 5.66. The van der Waals surface area contributed by atoms with Gasteiger partial charge in [0.2, 0.25) is 5.95 Å². The highest BCUT2D eigenvalue weighted by atomic mass is 32.2. The van der Waals surface area contributed by atoms with Crippen LogP contribution in [0.3, 0.4) is 0 Å². The Kier molecular flexibility index (Phi) is 3.96. The second-order valence-corrected chi connectivity index (χ2v) is 4.56. The van der Waals surface area contributed by atoms with Gasteiger partial charge in [-0.15, -0.1) is 10.2 Å². The quantitative estimate of drug-likeness (QED) is 0.526. The lowest BCUT2D eigenvalue weighted by atomic mass is 10.1. The summed E-state index contributed by atoms with van der Waals surface area (Å²) < 4.78 is 14.3. The van der Waals surface area contributed by atoms with Gasteiger partial charge in [-0.1, -0.05) is 11.8 Å². The Labute approximate surface area is 113 Å². The van der Waals surface area contributed by atoms with Gasteiger partial charge in [-0.2, -0.15) is 0 Å². The lowest BCUT2D eigenvalue weighted by Crippen LogP contribution is -1.97. The van der Waals surface area contributed by atoms with Crippen molar-refractivity contribution >= 4 is 23.5 Å². The molecular weight excluding hydrogens is 267 g/mol. The monoisotopic (exact) mass is 278 g/mol. The van der Waals surface area contributed by atoms with Gasteiger partial charge >= 0.3 is 0 Å². The Morgan fingerprint density at radius 1 is 1.37 bits per heavy atom. The van der Waals surface area contributed by atoms with E-state index in [0.29, 0.717) is 16.7 Å². The summed E-state index contributed by atoms with van der Waals surface area (Å²) in [5.41, 5.74) is 5.95. The first-order valence-corrected chi connectivity index (χ1v) is 6.24. The van der Waals surface area contributed by atoms with Crippen LogP contribution in [0.4, 0.5) is 10.3 Å². The number of thioether (sulfide) groups is 1. The summed E-state index contributed by atoms with van der Waals surface area (Å²) in [6.07, 6.45) is 1.39. The fourth-order valence-corrected chi connectivity index (χ4v) is 1.95. The maximum atomic E-state index is 12.7. The number of hydrogen-bond acceptors (Lipinski definition) is 5. The van der Waals surface area contributed by atoms with Crippen molar-refractivity contribution in [3.05, 3.63) is 47.1 Å². The van der Waals surface area contributed by atoms with Gasteiger partial charge in [0.15, 0.2) is 10.9 Å². The zero-order valence-corrected chi connectivity index (χ0v) is 10.9. The van der Waals surface area contributed by atoms with Gasteiger partial charge in [-0.25, -0.2) is 4.39 Å². The van der Waals surface area contributed by atoms with Gasteiger partial charge in [0.05, 0.1) is 0 Å². The predicted octanol–water partition coefficient (Wildman–Crippen LogP) is 2.03. The van der Waals surface area contributed by atoms with Crippen molar-refractivity contribution in [2.75, 3.05) is 5.73 Å². The summed E-state index contributed by atoms with van der Waals surface area (Å²) in [5.74, 6) is -0.270. The number of allylic oxidation sites excluding steroid dienone is 1. The Hall–Kier alpha value is -2.15. The van der Waals surface area contributed by atoms with E-state index in [0.717, 1.165) is 0 Å². The molecule has 98 valence electrons. The molecule has 2 aromatic rings. The third-order valence-corrected chi connectivity index (χ3v) is 3.23. The number of ketones is 1. The highest BCUT2D eigenvalue weighted by molar-refractivity contribution is 8.02. The maximum Gasteiger partial charge on any atom is 0.222 e. The Morgan fingerprint density at radius 3 is 2.63 bits per heavy atom. The first-order chi connectivity index (χ1) is 9.08. The summed E-state index contributed by atoms with van der Waals surface area (Å²) >= 11 is 1.23. The summed E-state index contributed by atoms with van der Waals surface area (Å²) in [6.45, 7) is 0. The molecule has 0 aliphatic heterocycles. The fraction of sp³-hybridized carbons (Fsp3) is 0.0833. The minimum atomic E-state index is -0.371. The van der Waals surface area contributed by atoms with Crippen LogP contribution in [0.2, 0.25) is 0 Å². The lowest BCUT2D eigenvalue weighted by Gasteiger charge is -1.97. The van der Waals surface area contributed by atoms with Crippen molar-refractivity contribution in [1.82, 2.24) is 14.8 Å². The van der Waals surface area contributed by atoms with E-state index in [4.69, 9.17) is 5.73 Å². The molecule has 1 heterocycles. The zero-order valence-electron chi connectivity index (χ0n) is 10.1. The van der Waals surface area contributed by atoms with Crippen molar-refractivity contribution in [1.29, 1.82) is 0 Å². The molecule has 19 heavy (non-hydrogen) atoms. The number of hydrogen-bond donors (Lipinski definition) is 1. The fourth-order valence-electron chi connectivity index (χ4n) is 1.30. The normalized spacial score (nSPS) is 11.1. The van der Waals surface area contributed by atoms with Crippen LogP contribution in [0.1, 0.15) is 10.4 Å². The minimum absolute atomic E-state index is 0.206. The molecular formula is C12H11FN4OS. The van der Waals surface area contributed by atoms with Gasteiger partial charge in [-0.05, 0) is 35.7 Å². The van der Waals surface area contributed by atoms with Crippen molar-refractivity contribution in [3.63, 3.8) is 0 Å². The standard InChI is InChI=1S/C12H11FN4OS/c1-17-11(14)15-16-12(17)19-7-6-10(18)8-2-4-9(13)5-3-8/h2-7H,1H3,(H2,14,15)/b7-6+. The molecule has 0 aliphatic rings. The van der Waals surface area contributed by atoms with Gasteiger partial charge in [-0.3, -0.25) is 9.36 Å². The Balaban J connectivity index is 2.01. The number of carbonyl (C=O) groups excluding carboxylic acids is 1. The van der Waals surface area contributed by atoms with E-state index in [1.54, 1.807) is 17.0 Å². The summed E-state index contributed by atoms with van der Waals surface area (Å²) in [7, 11) is 1.73. The van der Waals surface area contributed by atoms with E-state index in [9.17, 15) is 9.18 Å². The van der Waals surface area contributed by atoms with Crippen molar-refractivity contribution in [2.45, 2.75) is 5.16 Å². The molecule has 0 unspecified atom stereocenters. The summed E-state index contributed by atoms with van der Waals surface area (Å²) in [6, 6.07) is 5.37. The molecule has 1 aromatic carbocycles. The van der Waals surface area contributed by atoms with Gasteiger partial charge < -0.3 is 5.73 Å². The molecule has 0 bridgehead atoms. The highest BCUT2D eigenvalue weighted by Crippen LogP contribution is 2.17. The van der Waals surface area contributed by atoms with Crippen molar-refractivity contribution < 1.29 is 9.18 Å². The number of carbonyl (C=O) groups is 1. The average Bonchev–Trinajstić information content (AvgIpc) is 2.71. The van der Waals surface area contributed by atoms with Crippen LogP contribution in [0.25, 0.3) is 0 Å². The molecule has 0 saturated heterocycles. The number of halogens is 1. The van der Waals surface area contributed by atoms with Crippen LogP contribution in [0.5, 0.6) is 0 Å². The molecule has 5 nitrogen and oxygen atoms in total. The third-order valence-electron chi connectivity index (χ3n) is 2.39. The molecule has 2 N–H and O–H groups in total. The van der Waals surface area contributed by atoms with Gasteiger partial charge in [0.25, 0.3) is 0 Å². The predicted molar refractivity (Wildman–Crippen MR) is 71.1 cm³/mol. The van der Waals surface area contributed by atoms with E-state index < -0.39 is 0 Å². The molecule has 2 rings (SSSR count). The topological polar surface area (TPSA) is 73.8 Å². The maximum absolute atomic E-state index is 12.7. The highest BCUT2D eigenvalue weighted by Gasteiger charge is 2.05. The molecule has 0 fully saturated rings. The lowest BCUT2D eigenvalue weighted by molar-refractivity contribution is 0.104. The van der Waals surface area contributed by atoms with Gasteiger partial charge in [0.1, 0.15) is 5.82 Å². The molecule has 0 spiro atoms. The Bertz CT molecular complexity index is 621. The van der Waals surface area contributed by atoms with E-state index in [1.165, 1.54) is 42.1 Å². The molecule has 1 aromatic heterocycles. The average molecular weight is 278 g/mol. The van der Waals surface area contributed by atoms with E-state index in [-0.39, 0.29) is 11.6 Å². The first-order valence-electron chi connectivity index (χ1n) is 5.36. The molecule has 0 radical (unpaired) electrons. The molecule has 0 amide bonds. The number of aromatic nitrogens is 3. The largest absolute Gasteiger partial charge is 0.368 e. The first kappa shape index (κ1) is 13.3. The number of nitrogens with zero attached hydrogens (tertiary/aromatic N) is 3.